The zero-order valence-corrected chi connectivity index (χ0v) is 12.8. The van der Waals surface area contributed by atoms with Crippen LogP contribution in [-0.4, -0.2) is 14.9 Å². The summed E-state index contributed by atoms with van der Waals surface area (Å²) in [6.07, 6.45) is 1.12. The van der Waals surface area contributed by atoms with E-state index in [9.17, 15) is 10.1 Å². The average molecular weight is 307 g/mol. The van der Waals surface area contributed by atoms with E-state index in [2.05, 4.69) is 36.1 Å². The van der Waals surface area contributed by atoms with Gasteiger partial charge >= 0.3 is 5.69 Å². The maximum absolute atomic E-state index is 10.7. The lowest BCUT2D eigenvalue weighted by atomic mass is 9.86. The van der Waals surface area contributed by atoms with Crippen molar-refractivity contribution in [1.29, 1.82) is 0 Å². The molecule has 2 aromatic heterocycles. The molecule has 0 radical (unpaired) electrons. The molecule has 1 unspecified atom stereocenters. The Bertz CT molecular complexity index is 637. The molecule has 0 saturated heterocycles. The van der Waals surface area contributed by atoms with Crippen molar-refractivity contribution in [1.82, 2.24) is 9.97 Å². The lowest BCUT2D eigenvalue weighted by Gasteiger charge is -2.30. The number of nitro groups is 1. The molecule has 0 fully saturated rings. The Balaban J connectivity index is 2.30. The highest BCUT2D eigenvalue weighted by molar-refractivity contribution is 7.10. The van der Waals surface area contributed by atoms with Gasteiger partial charge in [0.25, 0.3) is 0 Å². The zero-order chi connectivity index (χ0) is 15.6. The molecule has 0 aliphatic heterocycles. The lowest BCUT2D eigenvalue weighted by Crippen LogP contribution is -2.26. The molecule has 8 heteroatoms. The maximum Gasteiger partial charge on any atom is 0.329 e. The third kappa shape index (κ3) is 3.46. The van der Waals surface area contributed by atoms with Gasteiger partial charge in [-0.1, -0.05) is 26.8 Å². The summed E-state index contributed by atoms with van der Waals surface area (Å²) in [5, 5.41) is 15.9. The third-order valence-electron chi connectivity index (χ3n) is 2.96. The van der Waals surface area contributed by atoms with Crippen LogP contribution in [-0.2, 0) is 0 Å². The van der Waals surface area contributed by atoms with Crippen molar-refractivity contribution in [3.63, 3.8) is 0 Å². The number of aromatic nitrogens is 2. The van der Waals surface area contributed by atoms with Gasteiger partial charge in [-0.2, -0.15) is 4.98 Å². The largest absolute Gasteiger partial charge is 0.378 e. The van der Waals surface area contributed by atoms with Crippen molar-refractivity contribution in [3.05, 3.63) is 38.7 Å². The van der Waals surface area contributed by atoms with E-state index in [1.165, 1.54) is 0 Å². The Morgan fingerprint density at radius 2 is 2.19 bits per heavy atom. The molecular formula is C13H17N5O2S. The molecule has 3 N–H and O–H groups in total. The molecule has 2 heterocycles. The number of thiophene rings is 1. The first kappa shape index (κ1) is 15.2. The highest BCUT2D eigenvalue weighted by Gasteiger charge is 2.28. The Morgan fingerprint density at radius 1 is 1.48 bits per heavy atom. The summed E-state index contributed by atoms with van der Waals surface area (Å²) in [4.78, 5) is 19.2. The minimum absolute atomic E-state index is 0.0154. The van der Waals surface area contributed by atoms with Crippen LogP contribution in [0.4, 0.5) is 17.5 Å². The molecule has 0 bridgehead atoms. The molecule has 112 valence electrons. The maximum atomic E-state index is 10.7. The number of anilines is 2. The lowest BCUT2D eigenvalue weighted by molar-refractivity contribution is -0.384. The summed E-state index contributed by atoms with van der Waals surface area (Å²) < 4.78 is 0. The van der Waals surface area contributed by atoms with E-state index in [-0.39, 0.29) is 28.9 Å². The van der Waals surface area contributed by atoms with Crippen LogP contribution in [0, 0.1) is 15.5 Å². The number of nitrogens with two attached hydrogens (primary N) is 1. The fourth-order valence-corrected chi connectivity index (χ4v) is 2.92. The molecule has 0 aliphatic carbocycles. The van der Waals surface area contributed by atoms with Gasteiger partial charge in [0.1, 0.15) is 6.20 Å². The van der Waals surface area contributed by atoms with Crippen molar-refractivity contribution in [2.75, 3.05) is 11.1 Å². The summed E-state index contributed by atoms with van der Waals surface area (Å²) in [5.74, 6) is 0.141. The second-order valence-corrected chi connectivity index (χ2v) is 6.66. The highest BCUT2D eigenvalue weighted by Crippen LogP contribution is 2.37. The Hall–Kier alpha value is -2.22. The average Bonchev–Trinajstić information content (AvgIpc) is 2.87. The van der Waals surface area contributed by atoms with Crippen LogP contribution >= 0.6 is 11.3 Å². The quantitative estimate of drug-likeness (QED) is 0.663. The zero-order valence-electron chi connectivity index (χ0n) is 12.0. The fourth-order valence-electron chi connectivity index (χ4n) is 1.90. The SMILES string of the molecule is CC(C)(C)C(Nc1ncc([N+](=O)[O-])c(N)n1)c1cccs1. The Labute approximate surface area is 126 Å². The molecule has 21 heavy (non-hydrogen) atoms. The topological polar surface area (TPSA) is 107 Å². The van der Waals surface area contributed by atoms with Crippen molar-refractivity contribution in [2.45, 2.75) is 26.8 Å². The van der Waals surface area contributed by atoms with Crippen molar-refractivity contribution in [2.24, 2.45) is 5.41 Å². The fraction of sp³-hybridized carbons (Fsp3) is 0.385. The van der Waals surface area contributed by atoms with Gasteiger partial charge in [-0.25, -0.2) is 4.98 Å². The molecular weight excluding hydrogens is 290 g/mol. The molecule has 2 aromatic rings. The predicted molar refractivity (Wildman–Crippen MR) is 83.2 cm³/mol. The van der Waals surface area contributed by atoms with E-state index in [0.29, 0.717) is 0 Å². The van der Waals surface area contributed by atoms with Crippen LogP contribution in [0.3, 0.4) is 0 Å². The Morgan fingerprint density at radius 3 is 2.67 bits per heavy atom. The monoisotopic (exact) mass is 307 g/mol. The summed E-state index contributed by atoms with van der Waals surface area (Å²) >= 11 is 1.63. The molecule has 0 aromatic carbocycles. The van der Waals surface area contributed by atoms with Crippen LogP contribution in [0.15, 0.2) is 23.7 Å². The van der Waals surface area contributed by atoms with E-state index in [1.54, 1.807) is 11.3 Å². The third-order valence-corrected chi connectivity index (χ3v) is 3.90. The summed E-state index contributed by atoms with van der Waals surface area (Å²) in [6, 6.07) is 3.99. The van der Waals surface area contributed by atoms with Crippen molar-refractivity contribution >= 4 is 28.8 Å². The summed E-state index contributed by atoms with van der Waals surface area (Å²) in [5.41, 5.74) is 5.23. The smallest absolute Gasteiger partial charge is 0.329 e. The normalized spacial score (nSPS) is 12.9. The van der Waals surface area contributed by atoms with Gasteiger partial charge in [-0.3, -0.25) is 10.1 Å². The number of nitrogens with one attached hydrogen (secondary N) is 1. The van der Waals surface area contributed by atoms with Gasteiger partial charge in [0.05, 0.1) is 11.0 Å². The molecule has 1 atom stereocenters. The standard InChI is InChI=1S/C13H17N5O2S/c1-13(2,3)10(9-5-4-6-21-9)16-12-15-7-8(18(19)20)11(14)17-12/h4-7,10H,1-3H3,(H3,14,15,16,17). The second-order valence-electron chi connectivity index (χ2n) is 5.68. The van der Waals surface area contributed by atoms with Crippen molar-refractivity contribution < 1.29 is 4.92 Å². The van der Waals surface area contributed by atoms with Gasteiger partial charge < -0.3 is 11.1 Å². The predicted octanol–water partition coefficient (Wildman–Crippen LogP) is 3.23. The van der Waals surface area contributed by atoms with Crippen LogP contribution < -0.4 is 11.1 Å². The van der Waals surface area contributed by atoms with Crippen molar-refractivity contribution in [3.8, 4) is 0 Å². The Kier molecular flexibility index (Phi) is 4.08. The number of hydrogen-bond donors (Lipinski definition) is 2. The van der Waals surface area contributed by atoms with E-state index in [1.807, 2.05) is 17.5 Å². The second kappa shape index (κ2) is 5.65. The van der Waals surface area contributed by atoms with Gasteiger partial charge in [0.15, 0.2) is 0 Å². The van der Waals surface area contributed by atoms with Gasteiger partial charge in [-0.05, 0) is 16.9 Å². The van der Waals surface area contributed by atoms with Crippen LogP contribution in [0.2, 0.25) is 0 Å². The first-order valence-corrected chi connectivity index (χ1v) is 7.24. The minimum atomic E-state index is -0.598. The number of rotatable bonds is 4. The van der Waals surface area contributed by atoms with E-state index >= 15 is 0 Å². The minimum Gasteiger partial charge on any atom is -0.378 e. The first-order chi connectivity index (χ1) is 9.79. The molecule has 0 aliphatic rings. The molecule has 0 saturated carbocycles. The molecule has 2 rings (SSSR count). The van der Waals surface area contributed by atoms with Crippen LogP contribution in [0.1, 0.15) is 31.7 Å². The van der Waals surface area contributed by atoms with Gasteiger partial charge in [0, 0.05) is 4.88 Å². The van der Waals surface area contributed by atoms with Crippen LogP contribution in [0.5, 0.6) is 0 Å². The number of nitrogen functional groups attached to an aromatic ring is 1. The van der Waals surface area contributed by atoms with E-state index in [4.69, 9.17) is 5.73 Å². The van der Waals surface area contributed by atoms with Gasteiger partial charge in [-0.15, -0.1) is 11.3 Å². The number of nitrogens with zero attached hydrogens (tertiary/aromatic N) is 3. The highest BCUT2D eigenvalue weighted by atomic mass is 32.1. The van der Waals surface area contributed by atoms with E-state index < -0.39 is 4.92 Å². The summed E-state index contributed by atoms with van der Waals surface area (Å²) in [7, 11) is 0. The summed E-state index contributed by atoms with van der Waals surface area (Å²) in [6.45, 7) is 6.29. The molecule has 7 nitrogen and oxygen atoms in total. The first-order valence-electron chi connectivity index (χ1n) is 6.36. The molecule has 0 amide bonds. The number of hydrogen-bond acceptors (Lipinski definition) is 7. The van der Waals surface area contributed by atoms with Gasteiger partial charge in [0.2, 0.25) is 11.8 Å². The van der Waals surface area contributed by atoms with E-state index in [0.717, 1.165) is 11.1 Å². The molecule has 0 spiro atoms. The van der Waals surface area contributed by atoms with Crippen LogP contribution in [0.25, 0.3) is 0 Å².